The molecule has 1 aliphatic rings. The van der Waals surface area contributed by atoms with Gasteiger partial charge in [-0.05, 0) is 12.6 Å². The van der Waals surface area contributed by atoms with Gasteiger partial charge in [0, 0.05) is 12.5 Å². The van der Waals surface area contributed by atoms with Crippen LogP contribution in [-0.4, -0.2) is 24.3 Å². The number of benzene rings is 1. The molecule has 1 heterocycles. The molecule has 2 heteroatoms. The lowest BCUT2D eigenvalue weighted by molar-refractivity contribution is -0.116. The Labute approximate surface area is 78.2 Å². The van der Waals surface area contributed by atoms with E-state index in [0.29, 0.717) is 24.8 Å². The summed E-state index contributed by atoms with van der Waals surface area (Å²) >= 11 is 0. The van der Waals surface area contributed by atoms with Crippen LogP contribution in [0.15, 0.2) is 30.3 Å². The standard InChI is InChI=1S/C11H13NO/c1-12-8-10(13)7-11(12)9-5-3-2-4-6-9/h2-6,11H,7-8H2,1H3/t11-/m1/s1. The minimum atomic E-state index is 0.300. The summed E-state index contributed by atoms with van der Waals surface area (Å²) in [7, 11) is 2.00. The van der Waals surface area contributed by atoms with Crippen LogP contribution < -0.4 is 0 Å². The monoisotopic (exact) mass is 175 g/mol. The first-order chi connectivity index (χ1) is 6.27. The highest BCUT2D eigenvalue weighted by Gasteiger charge is 2.28. The Bertz CT molecular complexity index is 307. The topological polar surface area (TPSA) is 20.3 Å². The van der Waals surface area contributed by atoms with Crippen LogP contribution in [0.4, 0.5) is 0 Å². The summed E-state index contributed by atoms with van der Waals surface area (Å²) in [5.74, 6) is 0.344. The maximum absolute atomic E-state index is 11.2. The molecule has 68 valence electrons. The highest BCUT2D eigenvalue weighted by Crippen LogP contribution is 2.27. The van der Waals surface area contributed by atoms with E-state index in [9.17, 15) is 4.79 Å². The SMILES string of the molecule is CN1CC(=O)C[C@@H]1c1ccccc1. The largest absolute Gasteiger partial charge is 0.298 e. The van der Waals surface area contributed by atoms with E-state index in [0.717, 1.165) is 0 Å². The third-order valence-electron chi connectivity index (χ3n) is 2.56. The summed E-state index contributed by atoms with van der Waals surface area (Å²) in [4.78, 5) is 13.3. The zero-order valence-corrected chi connectivity index (χ0v) is 7.73. The smallest absolute Gasteiger partial charge is 0.148 e. The number of nitrogens with zero attached hydrogens (tertiary/aromatic N) is 1. The molecule has 0 saturated carbocycles. The fraction of sp³-hybridized carbons (Fsp3) is 0.364. The normalized spacial score (nSPS) is 23.8. The molecular formula is C11H13NO. The van der Waals surface area contributed by atoms with Gasteiger partial charge in [0.2, 0.25) is 0 Å². The van der Waals surface area contributed by atoms with Crippen molar-refractivity contribution in [1.82, 2.24) is 4.90 Å². The van der Waals surface area contributed by atoms with Crippen LogP contribution in [0.2, 0.25) is 0 Å². The van der Waals surface area contributed by atoms with Crippen molar-refractivity contribution in [3.05, 3.63) is 35.9 Å². The third-order valence-corrected chi connectivity index (χ3v) is 2.56. The van der Waals surface area contributed by atoms with E-state index in [1.54, 1.807) is 0 Å². The van der Waals surface area contributed by atoms with Gasteiger partial charge in [-0.25, -0.2) is 0 Å². The number of hydrogen-bond donors (Lipinski definition) is 0. The Hall–Kier alpha value is -1.15. The van der Waals surface area contributed by atoms with Crippen LogP contribution >= 0.6 is 0 Å². The first-order valence-electron chi connectivity index (χ1n) is 4.54. The molecule has 0 unspecified atom stereocenters. The van der Waals surface area contributed by atoms with Gasteiger partial charge in [0.25, 0.3) is 0 Å². The molecule has 13 heavy (non-hydrogen) atoms. The number of rotatable bonds is 1. The molecule has 0 bridgehead atoms. The molecular weight excluding hydrogens is 162 g/mol. The van der Waals surface area contributed by atoms with Crippen LogP contribution in [0.25, 0.3) is 0 Å². The number of likely N-dealkylation sites (tertiary alicyclic amines) is 1. The fourth-order valence-electron chi connectivity index (χ4n) is 1.87. The van der Waals surface area contributed by atoms with E-state index < -0.39 is 0 Å². The number of Topliss-reactive ketones (excluding diaryl/α,β-unsaturated/α-hetero) is 1. The summed E-state index contributed by atoms with van der Waals surface area (Å²) in [5.41, 5.74) is 1.25. The number of hydrogen-bond acceptors (Lipinski definition) is 2. The molecule has 1 atom stereocenters. The second-order valence-electron chi connectivity index (χ2n) is 3.58. The van der Waals surface area contributed by atoms with E-state index in [-0.39, 0.29) is 0 Å². The van der Waals surface area contributed by atoms with Crippen LogP contribution in [0.5, 0.6) is 0 Å². The second kappa shape index (κ2) is 3.30. The Kier molecular flexibility index (Phi) is 2.15. The average Bonchev–Trinajstić information content (AvgIpc) is 2.47. The number of ketones is 1. The molecule has 1 saturated heterocycles. The molecule has 1 fully saturated rings. The summed E-state index contributed by atoms with van der Waals surface area (Å²) in [6, 6.07) is 10.5. The number of carbonyl (C=O) groups excluding carboxylic acids is 1. The lowest BCUT2D eigenvalue weighted by atomic mass is 10.1. The molecule has 0 aromatic heterocycles. The highest BCUT2D eigenvalue weighted by atomic mass is 16.1. The molecule has 2 nitrogen and oxygen atoms in total. The van der Waals surface area contributed by atoms with Crippen molar-refractivity contribution in [3.8, 4) is 0 Å². The molecule has 0 amide bonds. The molecule has 0 N–H and O–H groups in total. The summed E-state index contributed by atoms with van der Waals surface area (Å²) < 4.78 is 0. The van der Waals surface area contributed by atoms with Gasteiger partial charge in [0.05, 0.1) is 6.54 Å². The zero-order valence-electron chi connectivity index (χ0n) is 7.73. The van der Waals surface area contributed by atoms with E-state index >= 15 is 0 Å². The Balaban J connectivity index is 2.23. The molecule has 0 radical (unpaired) electrons. The molecule has 1 aromatic rings. The van der Waals surface area contributed by atoms with E-state index in [1.165, 1.54) is 5.56 Å². The van der Waals surface area contributed by atoms with Crippen LogP contribution in [0, 0.1) is 0 Å². The summed E-state index contributed by atoms with van der Waals surface area (Å²) in [6.07, 6.45) is 0.667. The van der Waals surface area contributed by atoms with Gasteiger partial charge in [0.1, 0.15) is 5.78 Å². The van der Waals surface area contributed by atoms with Gasteiger partial charge >= 0.3 is 0 Å². The van der Waals surface area contributed by atoms with Gasteiger partial charge in [-0.3, -0.25) is 9.69 Å². The van der Waals surface area contributed by atoms with Crippen molar-refractivity contribution in [3.63, 3.8) is 0 Å². The fourth-order valence-corrected chi connectivity index (χ4v) is 1.87. The van der Waals surface area contributed by atoms with Crippen molar-refractivity contribution in [1.29, 1.82) is 0 Å². The first-order valence-corrected chi connectivity index (χ1v) is 4.54. The highest BCUT2D eigenvalue weighted by molar-refractivity contribution is 5.83. The van der Waals surface area contributed by atoms with Gasteiger partial charge in [-0.1, -0.05) is 30.3 Å². The van der Waals surface area contributed by atoms with Gasteiger partial charge in [-0.2, -0.15) is 0 Å². The Morgan fingerprint density at radius 1 is 1.31 bits per heavy atom. The Morgan fingerprint density at radius 2 is 2.00 bits per heavy atom. The van der Waals surface area contributed by atoms with Gasteiger partial charge in [0.15, 0.2) is 0 Å². The molecule has 2 rings (SSSR count). The zero-order chi connectivity index (χ0) is 9.26. The second-order valence-corrected chi connectivity index (χ2v) is 3.58. The quantitative estimate of drug-likeness (QED) is 0.646. The number of carbonyl (C=O) groups is 1. The number of likely N-dealkylation sites (N-methyl/N-ethyl adjacent to an activating group) is 1. The van der Waals surface area contributed by atoms with Crippen molar-refractivity contribution in [2.45, 2.75) is 12.5 Å². The van der Waals surface area contributed by atoms with Gasteiger partial charge < -0.3 is 0 Å². The van der Waals surface area contributed by atoms with E-state index in [4.69, 9.17) is 0 Å². The summed E-state index contributed by atoms with van der Waals surface area (Å²) in [5, 5.41) is 0. The van der Waals surface area contributed by atoms with Gasteiger partial charge in [-0.15, -0.1) is 0 Å². The van der Waals surface area contributed by atoms with E-state index in [1.807, 2.05) is 25.2 Å². The predicted molar refractivity (Wildman–Crippen MR) is 51.4 cm³/mol. The van der Waals surface area contributed by atoms with E-state index in [2.05, 4.69) is 17.0 Å². The van der Waals surface area contributed by atoms with Crippen molar-refractivity contribution < 1.29 is 4.79 Å². The van der Waals surface area contributed by atoms with Crippen LogP contribution in [-0.2, 0) is 4.79 Å². The first kappa shape index (κ1) is 8.45. The minimum Gasteiger partial charge on any atom is -0.298 e. The van der Waals surface area contributed by atoms with Crippen molar-refractivity contribution in [2.24, 2.45) is 0 Å². The molecule has 0 spiro atoms. The molecule has 1 aliphatic heterocycles. The van der Waals surface area contributed by atoms with Crippen molar-refractivity contribution in [2.75, 3.05) is 13.6 Å². The maximum Gasteiger partial charge on any atom is 0.148 e. The minimum absolute atomic E-state index is 0.300. The lowest BCUT2D eigenvalue weighted by Gasteiger charge is -2.18. The molecule has 1 aromatic carbocycles. The third kappa shape index (κ3) is 1.63. The van der Waals surface area contributed by atoms with Crippen LogP contribution in [0.3, 0.4) is 0 Å². The Morgan fingerprint density at radius 3 is 2.54 bits per heavy atom. The van der Waals surface area contributed by atoms with Crippen LogP contribution in [0.1, 0.15) is 18.0 Å². The average molecular weight is 175 g/mol. The molecule has 0 aliphatic carbocycles. The maximum atomic E-state index is 11.2. The lowest BCUT2D eigenvalue weighted by Crippen LogP contribution is -2.18. The summed E-state index contributed by atoms with van der Waals surface area (Å²) in [6.45, 7) is 0.597. The van der Waals surface area contributed by atoms with Crippen molar-refractivity contribution >= 4 is 5.78 Å². The predicted octanol–water partition coefficient (Wildman–Crippen LogP) is 1.63.